The highest BCUT2D eigenvalue weighted by Gasteiger charge is 2.48. The van der Waals surface area contributed by atoms with E-state index in [1.807, 2.05) is 0 Å². The number of ether oxygens (including phenoxy) is 1. The van der Waals surface area contributed by atoms with E-state index in [9.17, 15) is 4.79 Å². The SMILES string of the molecule is O=C1CCCC2(CC2)O1. The first-order valence-corrected chi connectivity index (χ1v) is 3.53. The molecule has 9 heavy (non-hydrogen) atoms. The molecule has 0 aromatic rings. The second-order valence-electron chi connectivity index (χ2n) is 3.01. The van der Waals surface area contributed by atoms with Crippen LogP contribution in [0.5, 0.6) is 0 Å². The zero-order valence-corrected chi connectivity index (χ0v) is 5.35. The summed E-state index contributed by atoms with van der Waals surface area (Å²) in [5.74, 6) is 0.0127. The first-order chi connectivity index (χ1) is 4.31. The van der Waals surface area contributed by atoms with Gasteiger partial charge in [0.05, 0.1) is 0 Å². The van der Waals surface area contributed by atoms with E-state index >= 15 is 0 Å². The van der Waals surface area contributed by atoms with Crippen LogP contribution in [0.3, 0.4) is 0 Å². The molecule has 1 spiro atoms. The number of carbonyl (C=O) groups is 1. The highest BCUT2D eigenvalue weighted by Crippen LogP contribution is 2.46. The molecule has 0 bridgehead atoms. The van der Waals surface area contributed by atoms with Crippen LogP contribution in [0.2, 0.25) is 0 Å². The fourth-order valence-electron chi connectivity index (χ4n) is 1.39. The maximum atomic E-state index is 10.7. The van der Waals surface area contributed by atoms with E-state index in [4.69, 9.17) is 4.74 Å². The predicted molar refractivity (Wildman–Crippen MR) is 31.9 cm³/mol. The largest absolute Gasteiger partial charge is 0.459 e. The van der Waals surface area contributed by atoms with E-state index in [0.717, 1.165) is 25.7 Å². The van der Waals surface area contributed by atoms with Crippen molar-refractivity contribution in [2.24, 2.45) is 0 Å². The number of esters is 1. The Hall–Kier alpha value is -0.530. The van der Waals surface area contributed by atoms with E-state index in [0.29, 0.717) is 6.42 Å². The predicted octanol–water partition coefficient (Wildman–Crippen LogP) is 1.25. The molecule has 2 aliphatic rings. The average Bonchev–Trinajstić information content (AvgIpc) is 2.49. The van der Waals surface area contributed by atoms with Gasteiger partial charge in [0.25, 0.3) is 0 Å². The van der Waals surface area contributed by atoms with Crippen LogP contribution >= 0.6 is 0 Å². The standard InChI is InChI=1S/C7H10O2/c8-6-2-1-3-7(9-6)4-5-7/h1-5H2. The number of hydrogen-bond donors (Lipinski definition) is 0. The molecule has 0 atom stereocenters. The third-order valence-corrected chi connectivity index (χ3v) is 2.15. The quantitative estimate of drug-likeness (QED) is 0.456. The van der Waals surface area contributed by atoms with Crippen molar-refractivity contribution < 1.29 is 9.53 Å². The fourth-order valence-corrected chi connectivity index (χ4v) is 1.39. The first-order valence-electron chi connectivity index (χ1n) is 3.53. The Bertz CT molecular complexity index is 147. The van der Waals surface area contributed by atoms with Gasteiger partial charge in [0.1, 0.15) is 5.60 Å². The molecule has 50 valence electrons. The minimum atomic E-state index is 0.0127. The molecule has 1 aliphatic carbocycles. The molecule has 1 heterocycles. The van der Waals surface area contributed by atoms with Crippen LogP contribution in [0.25, 0.3) is 0 Å². The Kier molecular flexibility index (Phi) is 0.875. The van der Waals surface area contributed by atoms with Gasteiger partial charge in [-0.2, -0.15) is 0 Å². The molecule has 0 radical (unpaired) electrons. The molecule has 0 unspecified atom stereocenters. The highest BCUT2D eigenvalue weighted by molar-refractivity contribution is 5.71. The van der Waals surface area contributed by atoms with Crippen molar-refractivity contribution in [2.45, 2.75) is 37.7 Å². The van der Waals surface area contributed by atoms with Gasteiger partial charge in [-0.1, -0.05) is 0 Å². The summed E-state index contributed by atoms with van der Waals surface area (Å²) in [4.78, 5) is 10.7. The third kappa shape index (κ3) is 0.824. The Balaban J connectivity index is 2.04. The first kappa shape index (κ1) is 5.27. The van der Waals surface area contributed by atoms with Gasteiger partial charge in [-0.25, -0.2) is 0 Å². The van der Waals surface area contributed by atoms with Crippen LogP contribution in [0.1, 0.15) is 32.1 Å². The molecule has 2 nitrogen and oxygen atoms in total. The molecular formula is C7H10O2. The lowest BCUT2D eigenvalue weighted by Crippen LogP contribution is -2.24. The Morgan fingerprint density at radius 3 is 2.56 bits per heavy atom. The molecule has 1 saturated carbocycles. The summed E-state index contributed by atoms with van der Waals surface area (Å²) in [5, 5.41) is 0. The van der Waals surface area contributed by atoms with Crippen molar-refractivity contribution in [3.8, 4) is 0 Å². The second kappa shape index (κ2) is 1.49. The summed E-state index contributed by atoms with van der Waals surface area (Å²) < 4.78 is 5.15. The van der Waals surface area contributed by atoms with Crippen LogP contribution < -0.4 is 0 Å². The van der Waals surface area contributed by atoms with Gasteiger partial charge in [0, 0.05) is 6.42 Å². The summed E-state index contributed by atoms with van der Waals surface area (Å²) in [6, 6.07) is 0. The molecule has 0 aromatic heterocycles. The van der Waals surface area contributed by atoms with E-state index in [-0.39, 0.29) is 11.6 Å². The Morgan fingerprint density at radius 1 is 1.33 bits per heavy atom. The fraction of sp³-hybridized carbons (Fsp3) is 0.857. The van der Waals surface area contributed by atoms with Gasteiger partial charge in [-0.3, -0.25) is 4.79 Å². The van der Waals surface area contributed by atoms with Gasteiger partial charge in [-0.15, -0.1) is 0 Å². The maximum absolute atomic E-state index is 10.7. The van der Waals surface area contributed by atoms with Crippen molar-refractivity contribution in [3.63, 3.8) is 0 Å². The minimum Gasteiger partial charge on any atom is -0.459 e. The summed E-state index contributed by atoms with van der Waals surface area (Å²) in [7, 11) is 0. The smallest absolute Gasteiger partial charge is 0.306 e. The molecule has 0 amide bonds. The number of carbonyl (C=O) groups excluding carboxylic acids is 1. The maximum Gasteiger partial charge on any atom is 0.306 e. The Morgan fingerprint density at radius 2 is 2.11 bits per heavy atom. The second-order valence-corrected chi connectivity index (χ2v) is 3.01. The van der Waals surface area contributed by atoms with Gasteiger partial charge in [-0.05, 0) is 25.7 Å². The summed E-state index contributed by atoms with van der Waals surface area (Å²) in [5.41, 5.74) is 0.0509. The normalized spacial score (nSPS) is 30.0. The molecule has 2 fully saturated rings. The van der Waals surface area contributed by atoms with Crippen LogP contribution in [0.4, 0.5) is 0 Å². The highest BCUT2D eigenvalue weighted by atomic mass is 16.6. The van der Waals surface area contributed by atoms with E-state index in [1.54, 1.807) is 0 Å². The van der Waals surface area contributed by atoms with Crippen LogP contribution in [-0.4, -0.2) is 11.6 Å². The molecule has 2 rings (SSSR count). The molecular weight excluding hydrogens is 116 g/mol. The van der Waals surface area contributed by atoms with Gasteiger partial charge < -0.3 is 4.74 Å². The van der Waals surface area contributed by atoms with E-state index in [1.165, 1.54) is 0 Å². The van der Waals surface area contributed by atoms with E-state index in [2.05, 4.69) is 0 Å². The van der Waals surface area contributed by atoms with E-state index < -0.39 is 0 Å². The van der Waals surface area contributed by atoms with Gasteiger partial charge in [0.2, 0.25) is 0 Å². The van der Waals surface area contributed by atoms with Gasteiger partial charge in [0.15, 0.2) is 0 Å². The molecule has 2 heteroatoms. The molecule has 1 saturated heterocycles. The monoisotopic (exact) mass is 126 g/mol. The average molecular weight is 126 g/mol. The lowest BCUT2D eigenvalue weighted by atomic mass is 10.1. The molecule has 0 N–H and O–H groups in total. The van der Waals surface area contributed by atoms with Crippen LogP contribution in [-0.2, 0) is 9.53 Å². The number of rotatable bonds is 0. The lowest BCUT2D eigenvalue weighted by molar-refractivity contribution is -0.156. The van der Waals surface area contributed by atoms with Crippen molar-refractivity contribution in [2.75, 3.05) is 0 Å². The third-order valence-electron chi connectivity index (χ3n) is 2.15. The van der Waals surface area contributed by atoms with Crippen molar-refractivity contribution in [1.29, 1.82) is 0 Å². The summed E-state index contributed by atoms with van der Waals surface area (Å²) >= 11 is 0. The summed E-state index contributed by atoms with van der Waals surface area (Å²) in [6.07, 6.45) is 5.01. The minimum absolute atomic E-state index is 0.0127. The van der Waals surface area contributed by atoms with Crippen molar-refractivity contribution in [1.82, 2.24) is 0 Å². The lowest BCUT2D eigenvalue weighted by Gasteiger charge is -2.20. The topological polar surface area (TPSA) is 26.3 Å². The van der Waals surface area contributed by atoms with Crippen molar-refractivity contribution in [3.05, 3.63) is 0 Å². The summed E-state index contributed by atoms with van der Waals surface area (Å²) in [6.45, 7) is 0. The van der Waals surface area contributed by atoms with Gasteiger partial charge >= 0.3 is 5.97 Å². The van der Waals surface area contributed by atoms with Crippen LogP contribution in [0, 0.1) is 0 Å². The molecule has 1 aliphatic heterocycles. The zero-order chi connectivity index (χ0) is 6.32. The zero-order valence-electron chi connectivity index (χ0n) is 5.35. The Labute approximate surface area is 54.2 Å². The van der Waals surface area contributed by atoms with Crippen molar-refractivity contribution >= 4 is 5.97 Å². The molecule has 0 aromatic carbocycles. The van der Waals surface area contributed by atoms with Crippen LogP contribution in [0.15, 0.2) is 0 Å². The number of hydrogen-bond acceptors (Lipinski definition) is 2.